The molecule has 10 rings (SSSR count). The fourth-order valence-corrected chi connectivity index (χ4v) is 8.24. The smallest absolute Gasteiger partial charge is 0.0462 e. The molecule has 0 radical (unpaired) electrons. The minimum atomic E-state index is 0.971. The highest BCUT2D eigenvalue weighted by atomic mass is 15.1. The lowest BCUT2D eigenvalue weighted by atomic mass is 9.95. The zero-order valence-corrected chi connectivity index (χ0v) is 29.9. The Hall–Kier alpha value is -6.96. The third kappa shape index (κ3) is 5.77. The van der Waals surface area contributed by atoms with Crippen LogP contribution in [0.4, 0.5) is 17.1 Å². The van der Waals surface area contributed by atoms with Crippen LogP contribution in [0.5, 0.6) is 0 Å². The molecule has 0 saturated heterocycles. The summed E-state index contributed by atoms with van der Waals surface area (Å²) in [6.07, 6.45) is 0.971. The molecule has 0 bridgehead atoms. The molecule has 0 fully saturated rings. The maximum Gasteiger partial charge on any atom is 0.0462 e. The predicted octanol–water partition coefficient (Wildman–Crippen LogP) is 14.5. The van der Waals surface area contributed by atoms with Crippen molar-refractivity contribution in [1.82, 2.24) is 0 Å². The van der Waals surface area contributed by atoms with Gasteiger partial charge >= 0.3 is 0 Å². The fourth-order valence-electron chi connectivity index (χ4n) is 8.24. The Morgan fingerprint density at radius 3 is 1.48 bits per heavy atom. The molecule has 0 amide bonds. The monoisotopic (exact) mass is 687 g/mol. The Labute approximate surface area is 317 Å². The van der Waals surface area contributed by atoms with E-state index in [1.54, 1.807) is 0 Å². The van der Waals surface area contributed by atoms with Gasteiger partial charge in [0.1, 0.15) is 0 Å². The second-order valence-corrected chi connectivity index (χ2v) is 14.1. The highest BCUT2D eigenvalue weighted by Gasteiger charge is 2.21. The number of hydrogen-bond donors (Lipinski definition) is 0. The first-order chi connectivity index (χ1) is 26.8. The van der Waals surface area contributed by atoms with Gasteiger partial charge in [-0.25, -0.2) is 0 Å². The van der Waals surface area contributed by atoms with Crippen LogP contribution < -0.4 is 4.90 Å². The maximum atomic E-state index is 2.37. The predicted molar refractivity (Wildman–Crippen MR) is 229 cm³/mol. The summed E-state index contributed by atoms with van der Waals surface area (Å²) >= 11 is 0. The van der Waals surface area contributed by atoms with E-state index in [0.29, 0.717) is 0 Å². The van der Waals surface area contributed by atoms with Gasteiger partial charge in [-0.1, -0.05) is 170 Å². The van der Waals surface area contributed by atoms with E-state index in [4.69, 9.17) is 0 Å². The van der Waals surface area contributed by atoms with Crippen LogP contribution in [0.2, 0.25) is 0 Å². The van der Waals surface area contributed by atoms with Crippen molar-refractivity contribution in [3.8, 4) is 55.6 Å². The topological polar surface area (TPSA) is 3.24 Å². The minimum absolute atomic E-state index is 0.971. The lowest BCUT2D eigenvalue weighted by Crippen LogP contribution is -2.09. The van der Waals surface area contributed by atoms with Gasteiger partial charge in [-0.15, -0.1) is 0 Å². The fraction of sp³-hybridized carbons (Fsp3) is 0.0189. The van der Waals surface area contributed by atoms with Crippen molar-refractivity contribution >= 4 is 27.8 Å². The van der Waals surface area contributed by atoms with Crippen LogP contribution >= 0.6 is 0 Å². The van der Waals surface area contributed by atoms with E-state index < -0.39 is 0 Å². The Morgan fingerprint density at radius 2 is 0.759 bits per heavy atom. The summed E-state index contributed by atoms with van der Waals surface area (Å²) in [5.41, 5.74) is 18.7. The Kier molecular flexibility index (Phi) is 7.96. The minimum Gasteiger partial charge on any atom is -0.311 e. The van der Waals surface area contributed by atoms with Crippen LogP contribution in [-0.4, -0.2) is 0 Å². The van der Waals surface area contributed by atoms with Gasteiger partial charge in [0.15, 0.2) is 0 Å². The molecular formula is C53H37N. The first-order valence-corrected chi connectivity index (χ1v) is 18.7. The van der Waals surface area contributed by atoms with Gasteiger partial charge in [-0.3, -0.25) is 0 Å². The summed E-state index contributed by atoms with van der Waals surface area (Å²) in [6, 6.07) is 77.3. The molecule has 0 spiro atoms. The molecule has 0 aliphatic heterocycles. The van der Waals surface area contributed by atoms with Crippen molar-refractivity contribution in [3.63, 3.8) is 0 Å². The van der Waals surface area contributed by atoms with Crippen LogP contribution in [0.3, 0.4) is 0 Å². The first kappa shape index (κ1) is 31.7. The molecule has 0 unspecified atom stereocenters. The second kappa shape index (κ2) is 13.5. The second-order valence-electron chi connectivity index (χ2n) is 14.1. The van der Waals surface area contributed by atoms with Gasteiger partial charge in [0.05, 0.1) is 0 Å². The molecule has 0 heterocycles. The molecule has 1 nitrogen and oxygen atoms in total. The van der Waals surface area contributed by atoms with Crippen LogP contribution in [-0.2, 0) is 6.42 Å². The van der Waals surface area contributed by atoms with Crippen molar-refractivity contribution in [2.45, 2.75) is 6.42 Å². The zero-order valence-electron chi connectivity index (χ0n) is 29.9. The molecule has 254 valence electrons. The van der Waals surface area contributed by atoms with Gasteiger partial charge in [0.2, 0.25) is 0 Å². The standard InChI is InChI=1S/C53H37N/c1-2-11-37(12-3-1)42-16-8-17-43(35-42)38-23-29-45(30-24-38)54(46-31-25-40(26-32-46)49-20-9-15-39-13-4-6-18-48(39)49)47-33-27-41(28-34-47)50-21-10-22-52-51-19-7-5-14-44(51)36-53(50)52/h1-35H,36H2. The molecule has 0 atom stereocenters. The van der Waals surface area contributed by atoms with E-state index >= 15 is 0 Å². The van der Waals surface area contributed by atoms with Gasteiger partial charge in [-0.05, 0) is 126 Å². The lowest BCUT2D eigenvalue weighted by Gasteiger charge is -2.26. The Balaban J connectivity index is 1.02. The van der Waals surface area contributed by atoms with E-state index in [0.717, 1.165) is 23.5 Å². The average molecular weight is 688 g/mol. The number of nitrogens with zero attached hydrogens (tertiary/aromatic N) is 1. The molecule has 9 aromatic carbocycles. The molecule has 54 heavy (non-hydrogen) atoms. The quantitative estimate of drug-likeness (QED) is 0.161. The van der Waals surface area contributed by atoms with Crippen molar-refractivity contribution < 1.29 is 0 Å². The number of benzene rings is 9. The SMILES string of the molecule is c1ccc(-c2cccc(-c3ccc(N(c4ccc(-c5cccc6c5Cc5ccccc5-6)cc4)c4ccc(-c5cccc6ccccc56)cc4)cc3)c2)cc1. The molecule has 0 aromatic heterocycles. The molecule has 0 N–H and O–H groups in total. The lowest BCUT2D eigenvalue weighted by molar-refractivity contribution is 1.26. The summed E-state index contributed by atoms with van der Waals surface area (Å²) in [5, 5.41) is 2.52. The molecule has 1 heteroatoms. The van der Waals surface area contributed by atoms with Gasteiger partial charge in [0, 0.05) is 17.1 Å². The number of hydrogen-bond acceptors (Lipinski definition) is 1. The Bertz CT molecular complexity index is 2750. The highest BCUT2D eigenvalue weighted by molar-refractivity contribution is 5.97. The summed E-state index contributed by atoms with van der Waals surface area (Å²) in [5.74, 6) is 0. The largest absolute Gasteiger partial charge is 0.311 e. The number of anilines is 3. The van der Waals surface area contributed by atoms with Gasteiger partial charge in [-0.2, -0.15) is 0 Å². The van der Waals surface area contributed by atoms with E-state index in [2.05, 4.69) is 217 Å². The van der Waals surface area contributed by atoms with E-state index in [9.17, 15) is 0 Å². The third-order valence-electron chi connectivity index (χ3n) is 10.9. The molecule has 9 aromatic rings. The maximum absolute atomic E-state index is 2.37. The normalized spacial score (nSPS) is 11.6. The Morgan fingerprint density at radius 1 is 0.296 bits per heavy atom. The van der Waals surface area contributed by atoms with Crippen molar-refractivity contribution in [3.05, 3.63) is 223 Å². The molecule has 0 saturated carbocycles. The van der Waals surface area contributed by atoms with E-state index in [1.807, 2.05) is 0 Å². The van der Waals surface area contributed by atoms with Crippen LogP contribution in [0, 0.1) is 0 Å². The summed E-state index contributed by atoms with van der Waals surface area (Å²) < 4.78 is 0. The number of rotatable bonds is 7. The molecule has 1 aliphatic rings. The van der Waals surface area contributed by atoms with Crippen LogP contribution in [0.15, 0.2) is 212 Å². The zero-order chi connectivity index (χ0) is 35.8. The summed E-state index contributed by atoms with van der Waals surface area (Å²) in [4.78, 5) is 2.37. The average Bonchev–Trinajstić information content (AvgIpc) is 3.64. The molecular weight excluding hydrogens is 651 g/mol. The van der Waals surface area contributed by atoms with Gasteiger partial charge in [0.25, 0.3) is 0 Å². The highest BCUT2D eigenvalue weighted by Crippen LogP contribution is 2.43. The number of fused-ring (bicyclic) bond motifs is 4. The van der Waals surface area contributed by atoms with Crippen LogP contribution in [0.25, 0.3) is 66.4 Å². The van der Waals surface area contributed by atoms with Crippen molar-refractivity contribution in [2.75, 3.05) is 4.90 Å². The summed E-state index contributed by atoms with van der Waals surface area (Å²) in [6.45, 7) is 0. The van der Waals surface area contributed by atoms with Gasteiger partial charge < -0.3 is 4.90 Å². The van der Waals surface area contributed by atoms with E-state index in [-0.39, 0.29) is 0 Å². The first-order valence-electron chi connectivity index (χ1n) is 18.7. The van der Waals surface area contributed by atoms with Crippen molar-refractivity contribution in [2.24, 2.45) is 0 Å². The summed E-state index contributed by atoms with van der Waals surface area (Å²) in [7, 11) is 0. The van der Waals surface area contributed by atoms with Crippen LogP contribution in [0.1, 0.15) is 11.1 Å². The van der Waals surface area contributed by atoms with E-state index in [1.165, 1.54) is 77.5 Å². The molecule has 1 aliphatic carbocycles. The van der Waals surface area contributed by atoms with Crippen molar-refractivity contribution in [1.29, 1.82) is 0 Å². The third-order valence-corrected chi connectivity index (χ3v) is 10.9.